The third kappa shape index (κ3) is 3.09. The molecule has 0 unspecified atom stereocenters. The summed E-state index contributed by atoms with van der Waals surface area (Å²) in [7, 11) is 0. The number of hydrogen-bond acceptors (Lipinski definition) is 4. The second-order valence-electron chi connectivity index (χ2n) is 4.22. The Hall–Kier alpha value is -1.78. The fourth-order valence-electron chi connectivity index (χ4n) is 1.68. The maximum atomic E-state index is 11.0. The summed E-state index contributed by atoms with van der Waals surface area (Å²) in [6.45, 7) is 7.01. The first kappa shape index (κ1) is 13.3. The Labute approximate surface area is 101 Å². The molecule has 5 heteroatoms. The molecule has 0 aliphatic heterocycles. The van der Waals surface area contributed by atoms with Crippen molar-refractivity contribution in [2.24, 2.45) is 0 Å². The summed E-state index contributed by atoms with van der Waals surface area (Å²) in [5, 5.41) is 9.01. The van der Waals surface area contributed by atoms with Gasteiger partial charge in [-0.25, -0.2) is 9.78 Å². The van der Waals surface area contributed by atoms with Crippen molar-refractivity contribution in [1.29, 1.82) is 0 Å². The second kappa shape index (κ2) is 5.52. The highest BCUT2D eigenvalue weighted by molar-refractivity contribution is 5.94. The summed E-state index contributed by atoms with van der Waals surface area (Å²) in [6.07, 6.45) is 2.39. The molecule has 1 rings (SSSR count). The lowest BCUT2D eigenvalue weighted by Crippen LogP contribution is -2.32. The molecule has 0 aromatic carbocycles. The van der Waals surface area contributed by atoms with Gasteiger partial charge in [0, 0.05) is 12.6 Å². The molecule has 1 heterocycles. The highest BCUT2D eigenvalue weighted by Gasteiger charge is 2.15. The van der Waals surface area contributed by atoms with Crippen molar-refractivity contribution < 1.29 is 9.90 Å². The van der Waals surface area contributed by atoms with Crippen LogP contribution in [-0.4, -0.2) is 28.6 Å². The van der Waals surface area contributed by atoms with E-state index in [0.717, 1.165) is 13.0 Å². The number of pyridine rings is 1. The number of carboxylic acid groups (broad SMARTS) is 1. The van der Waals surface area contributed by atoms with Gasteiger partial charge in [0.25, 0.3) is 0 Å². The lowest BCUT2D eigenvalue weighted by Gasteiger charge is -2.27. The largest absolute Gasteiger partial charge is 0.478 e. The number of aromatic carboxylic acids is 1. The zero-order valence-electron chi connectivity index (χ0n) is 10.5. The molecule has 0 spiro atoms. The van der Waals surface area contributed by atoms with E-state index in [9.17, 15) is 4.79 Å². The summed E-state index contributed by atoms with van der Waals surface area (Å²) in [4.78, 5) is 17.3. The number of nitrogen functional groups attached to an aromatic ring is 1. The van der Waals surface area contributed by atoms with Crippen LogP contribution in [0, 0.1) is 0 Å². The Morgan fingerprint density at radius 1 is 1.59 bits per heavy atom. The van der Waals surface area contributed by atoms with Crippen molar-refractivity contribution in [3.05, 3.63) is 17.8 Å². The van der Waals surface area contributed by atoms with Gasteiger partial charge in [-0.2, -0.15) is 0 Å². The molecule has 0 fully saturated rings. The second-order valence-corrected chi connectivity index (χ2v) is 4.22. The zero-order chi connectivity index (χ0) is 13.0. The summed E-state index contributed by atoms with van der Waals surface area (Å²) in [6, 6.07) is 1.81. The van der Waals surface area contributed by atoms with E-state index < -0.39 is 5.97 Å². The van der Waals surface area contributed by atoms with Crippen LogP contribution in [-0.2, 0) is 0 Å². The first-order chi connectivity index (χ1) is 7.97. The van der Waals surface area contributed by atoms with Crippen molar-refractivity contribution in [3.63, 3.8) is 0 Å². The minimum Gasteiger partial charge on any atom is -0.478 e. The molecular weight excluding hydrogens is 218 g/mol. The third-order valence-electron chi connectivity index (χ3n) is 2.53. The molecule has 0 atom stereocenters. The Kier molecular flexibility index (Phi) is 4.31. The first-order valence-electron chi connectivity index (χ1n) is 5.72. The van der Waals surface area contributed by atoms with E-state index in [1.807, 2.05) is 13.8 Å². The van der Waals surface area contributed by atoms with Gasteiger partial charge in [0.2, 0.25) is 0 Å². The summed E-state index contributed by atoms with van der Waals surface area (Å²) in [5.41, 5.74) is 5.88. The molecule has 0 saturated carbocycles. The monoisotopic (exact) mass is 237 g/mol. The van der Waals surface area contributed by atoms with E-state index in [4.69, 9.17) is 10.8 Å². The Bertz CT molecular complexity index is 405. The van der Waals surface area contributed by atoms with Crippen LogP contribution < -0.4 is 10.6 Å². The molecule has 5 nitrogen and oxygen atoms in total. The molecule has 0 saturated heterocycles. The molecule has 94 valence electrons. The highest BCUT2D eigenvalue weighted by atomic mass is 16.4. The number of hydrogen-bond donors (Lipinski definition) is 2. The molecule has 1 aromatic heterocycles. The molecule has 0 aliphatic carbocycles. The van der Waals surface area contributed by atoms with Crippen molar-refractivity contribution in [2.45, 2.75) is 33.2 Å². The van der Waals surface area contributed by atoms with E-state index >= 15 is 0 Å². The van der Waals surface area contributed by atoms with Crippen molar-refractivity contribution in [2.75, 3.05) is 17.2 Å². The molecule has 17 heavy (non-hydrogen) atoms. The van der Waals surface area contributed by atoms with Crippen LogP contribution in [0.25, 0.3) is 0 Å². The van der Waals surface area contributed by atoms with E-state index in [2.05, 4.69) is 16.8 Å². The molecule has 1 aromatic rings. The number of nitrogens with zero attached hydrogens (tertiary/aromatic N) is 2. The van der Waals surface area contributed by atoms with Gasteiger partial charge in [0.05, 0.1) is 17.4 Å². The molecule has 0 aliphatic rings. The van der Waals surface area contributed by atoms with E-state index in [1.165, 1.54) is 12.3 Å². The van der Waals surface area contributed by atoms with Crippen LogP contribution in [0.2, 0.25) is 0 Å². The molecule has 0 radical (unpaired) electrons. The minimum atomic E-state index is -1.02. The van der Waals surface area contributed by atoms with Crippen LogP contribution in [0.1, 0.15) is 37.6 Å². The number of nitrogens with two attached hydrogens (primary N) is 1. The van der Waals surface area contributed by atoms with Gasteiger partial charge in [0.1, 0.15) is 5.82 Å². The minimum absolute atomic E-state index is 0.108. The summed E-state index contributed by atoms with van der Waals surface area (Å²) < 4.78 is 0. The molecule has 3 N–H and O–H groups in total. The number of rotatable bonds is 5. The molecule has 0 bridgehead atoms. The Morgan fingerprint density at radius 3 is 2.71 bits per heavy atom. The van der Waals surface area contributed by atoms with Gasteiger partial charge in [0.15, 0.2) is 0 Å². The predicted octanol–water partition coefficient (Wildman–Crippen LogP) is 1.99. The van der Waals surface area contributed by atoms with Crippen molar-refractivity contribution >= 4 is 17.5 Å². The van der Waals surface area contributed by atoms with Crippen LogP contribution in [0.3, 0.4) is 0 Å². The lowest BCUT2D eigenvalue weighted by atomic mass is 10.2. The number of aromatic nitrogens is 1. The number of carboxylic acids is 1. The topological polar surface area (TPSA) is 79.5 Å². The number of carbonyl (C=O) groups is 1. The van der Waals surface area contributed by atoms with Crippen molar-refractivity contribution in [1.82, 2.24) is 4.98 Å². The number of anilines is 2. The van der Waals surface area contributed by atoms with Gasteiger partial charge < -0.3 is 15.7 Å². The smallest absolute Gasteiger partial charge is 0.337 e. The quantitative estimate of drug-likeness (QED) is 0.818. The summed E-state index contributed by atoms with van der Waals surface area (Å²) in [5.74, 6) is -0.361. The lowest BCUT2D eigenvalue weighted by molar-refractivity contribution is 0.0698. The first-order valence-corrected chi connectivity index (χ1v) is 5.72. The van der Waals surface area contributed by atoms with Crippen molar-refractivity contribution in [3.8, 4) is 0 Å². The molecule has 0 amide bonds. The maximum Gasteiger partial charge on any atom is 0.337 e. The van der Waals surface area contributed by atoms with E-state index in [0.29, 0.717) is 5.82 Å². The standard InChI is InChI=1S/C12H19N3O2/c1-4-5-15(8(2)3)11-6-9(12(16)17)10(13)7-14-11/h6-8H,4-5,13H2,1-3H3,(H,16,17). The van der Waals surface area contributed by atoms with Crippen LogP contribution >= 0.6 is 0 Å². The molecular formula is C12H19N3O2. The van der Waals surface area contributed by atoms with Crippen LogP contribution in [0.5, 0.6) is 0 Å². The SMILES string of the molecule is CCCN(c1cc(C(=O)O)c(N)cn1)C(C)C. The maximum absolute atomic E-state index is 11.0. The van der Waals surface area contributed by atoms with Gasteiger partial charge in [-0.15, -0.1) is 0 Å². The van der Waals surface area contributed by atoms with Crippen LogP contribution in [0.4, 0.5) is 11.5 Å². The fourth-order valence-corrected chi connectivity index (χ4v) is 1.68. The van der Waals surface area contributed by atoms with Gasteiger partial charge in [-0.1, -0.05) is 6.92 Å². The third-order valence-corrected chi connectivity index (χ3v) is 2.53. The van der Waals surface area contributed by atoms with E-state index in [1.54, 1.807) is 0 Å². The van der Waals surface area contributed by atoms with Gasteiger partial charge in [-0.05, 0) is 26.3 Å². The average molecular weight is 237 g/mol. The summed E-state index contributed by atoms with van der Waals surface area (Å²) >= 11 is 0. The highest BCUT2D eigenvalue weighted by Crippen LogP contribution is 2.20. The normalized spacial score (nSPS) is 10.6. The zero-order valence-corrected chi connectivity index (χ0v) is 10.5. The van der Waals surface area contributed by atoms with Crippen LogP contribution in [0.15, 0.2) is 12.3 Å². The average Bonchev–Trinajstić information content (AvgIpc) is 2.26. The van der Waals surface area contributed by atoms with Gasteiger partial charge in [-0.3, -0.25) is 0 Å². The Morgan fingerprint density at radius 2 is 2.24 bits per heavy atom. The van der Waals surface area contributed by atoms with Gasteiger partial charge >= 0.3 is 5.97 Å². The fraction of sp³-hybridized carbons (Fsp3) is 0.500. The Balaban J connectivity index is 3.12. The van der Waals surface area contributed by atoms with E-state index in [-0.39, 0.29) is 17.3 Å². The predicted molar refractivity (Wildman–Crippen MR) is 68.4 cm³/mol.